The number of rotatable bonds is 8. The molecular formula is C26H39NO3Si. The summed E-state index contributed by atoms with van der Waals surface area (Å²) in [5.74, 6) is 2.12. The zero-order chi connectivity index (χ0) is 22.8. The van der Waals surface area contributed by atoms with Crippen molar-refractivity contribution in [1.29, 1.82) is 0 Å². The van der Waals surface area contributed by atoms with E-state index < -0.39 is 8.32 Å². The van der Waals surface area contributed by atoms with E-state index >= 15 is 0 Å². The van der Waals surface area contributed by atoms with Crippen molar-refractivity contribution in [3.8, 4) is 17.2 Å². The van der Waals surface area contributed by atoms with Gasteiger partial charge in [0.2, 0.25) is 0 Å². The highest BCUT2D eigenvalue weighted by atomic mass is 28.4. The van der Waals surface area contributed by atoms with E-state index in [4.69, 9.17) is 9.16 Å². The second-order valence-electron chi connectivity index (χ2n) is 9.78. The van der Waals surface area contributed by atoms with Crippen molar-refractivity contribution in [2.75, 3.05) is 13.7 Å². The quantitative estimate of drug-likeness (QED) is 0.474. The SMILES string of the molecule is COc1cc2c(cc1O[Si](C(C)C)(C(C)C)C(C)C)CCN(Cc1ccccc1O)C2. The summed E-state index contributed by atoms with van der Waals surface area (Å²) in [6.45, 7) is 16.4. The Bertz CT molecular complexity index is 872. The summed E-state index contributed by atoms with van der Waals surface area (Å²) in [6, 6.07) is 12.0. The molecule has 0 unspecified atom stereocenters. The maximum absolute atomic E-state index is 10.1. The molecule has 4 nitrogen and oxygen atoms in total. The molecule has 0 aliphatic carbocycles. The van der Waals surface area contributed by atoms with Crippen molar-refractivity contribution >= 4 is 8.32 Å². The number of hydrogen-bond donors (Lipinski definition) is 1. The van der Waals surface area contributed by atoms with Gasteiger partial charge in [0.15, 0.2) is 5.75 Å². The van der Waals surface area contributed by atoms with Gasteiger partial charge in [0.1, 0.15) is 11.5 Å². The standard InChI is InChI=1S/C26H39NO3Si/c1-18(2)31(19(3)4,20(5)6)30-26-14-21-12-13-27(17-23(21)15-25(26)29-7)16-22-10-8-9-11-24(22)28/h8-11,14-15,18-20,28H,12-13,16-17H2,1-7H3. The van der Waals surface area contributed by atoms with Crippen molar-refractivity contribution in [1.82, 2.24) is 4.90 Å². The third-order valence-corrected chi connectivity index (χ3v) is 12.9. The van der Waals surface area contributed by atoms with Gasteiger partial charge < -0.3 is 14.3 Å². The first kappa shape index (κ1) is 23.7. The number of benzene rings is 2. The van der Waals surface area contributed by atoms with E-state index in [1.54, 1.807) is 13.2 Å². The summed E-state index contributed by atoms with van der Waals surface area (Å²) < 4.78 is 12.8. The zero-order valence-corrected chi connectivity index (χ0v) is 21.2. The predicted octanol–water partition coefficient (Wildman–Crippen LogP) is 6.51. The molecule has 0 atom stereocenters. The first-order valence-electron chi connectivity index (χ1n) is 11.6. The Morgan fingerprint density at radius 1 is 0.935 bits per heavy atom. The van der Waals surface area contributed by atoms with Crippen LogP contribution in [0.4, 0.5) is 0 Å². The summed E-state index contributed by atoms with van der Waals surface area (Å²) in [6.07, 6.45) is 0.975. The number of methoxy groups -OCH3 is 1. The van der Waals surface area contributed by atoms with Crippen molar-refractivity contribution in [2.45, 2.75) is 77.7 Å². The largest absolute Gasteiger partial charge is 0.540 e. The number of phenolic OH excluding ortho intramolecular Hbond substituents is 1. The van der Waals surface area contributed by atoms with Crippen LogP contribution in [0.15, 0.2) is 36.4 Å². The van der Waals surface area contributed by atoms with Gasteiger partial charge in [0.05, 0.1) is 7.11 Å². The monoisotopic (exact) mass is 441 g/mol. The zero-order valence-electron chi connectivity index (χ0n) is 20.2. The number of fused-ring (bicyclic) bond motifs is 1. The Balaban J connectivity index is 1.88. The molecule has 31 heavy (non-hydrogen) atoms. The van der Waals surface area contributed by atoms with Gasteiger partial charge in [0, 0.05) is 25.2 Å². The Hall–Kier alpha value is -1.98. The molecule has 0 radical (unpaired) electrons. The second kappa shape index (κ2) is 9.66. The van der Waals surface area contributed by atoms with Crippen LogP contribution in [-0.4, -0.2) is 32.0 Å². The number of para-hydroxylation sites is 1. The highest BCUT2D eigenvalue weighted by Gasteiger charge is 2.47. The molecule has 3 rings (SSSR count). The smallest absolute Gasteiger partial charge is 0.258 e. The molecule has 0 bridgehead atoms. The molecule has 0 spiro atoms. The first-order valence-corrected chi connectivity index (χ1v) is 13.7. The summed E-state index contributed by atoms with van der Waals surface area (Å²) >= 11 is 0. The molecule has 0 fully saturated rings. The molecule has 0 amide bonds. The lowest BCUT2D eigenvalue weighted by Gasteiger charge is -2.42. The highest BCUT2D eigenvalue weighted by molar-refractivity contribution is 6.78. The van der Waals surface area contributed by atoms with Crippen LogP contribution in [0.3, 0.4) is 0 Å². The molecule has 2 aromatic rings. The summed E-state index contributed by atoms with van der Waals surface area (Å²) in [5, 5.41) is 10.1. The fourth-order valence-electron chi connectivity index (χ4n) is 5.43. The molecule has 1 N–H and O–H groups in total. The number of phenols is 1. The van der Waals surface area contributed by atoms with E-state index in [0.29, 0.717) is 22.4 Å². The predicted molar refractivity (Wildman–Crippen MR) is 131 cm³/mol. The third-order valence-electron chi connectivity index (χ3n) is 6.96. The van der Waals surface area contributed by atoms with Gasteiger partial charge in [-0.3, -0.25) is 4.90 Å². The Labute approximate surface area is 189 Å². The fourth-order valence-corrected chi connectivity index (χ4v) is 10.7. The van der Waals surface area contributed by atoms with E-state index in [2.05, 4.69) is 58.6 Å². The molecule has 1 aliphatic rings. The minimum Gasteiger partial charge on any atom is -0.540 e. The lowest BCUT2D eigenvalue weighted by Crippen LogP contribution is -2.50. The van der Waals surface area contributed by atoms with Crippen LogP contribution in [0.25, 0.3) is 0 Å². The molecule has 2 aromatic carbocycles. The number of aromatic hydroxyl groups is 1. The van der Waals surface area contributed by atoms with Crippen molar-refractivity contribution in [3.05, 3.63) is 53.1 Å². The van der Waals surface area contributed by atoms with E-state index in [-0.39, 0.29) is 0 Å². The van der Waals surface area contributed by atoms with Crippen molar-refractivity contribution in [2.24, 2.45) is 0 Å². The van der Waals surface area contributed by atoms with E-state index in [0.717, 1.165) is 43.1 Å². The van der Waals surface area contributed by atoms with Crippen LogP contribution in [0.1, 0.15) is 58.2 Å². The average molecular weight is 442 g/mol. The minimum atomic E-state index is -2.05. The number of nitrogens with zero attached hydrogens (tertiary/aromatic N) is 1. The highest BCUT2D eigenvalue weighted by Crippen LogP contribution is 2.45. The van der Waals surface area contributed by atoms with E-state index in [9.17, 15) is 5.11 Å². The maximum atomic E-state index is 10.1. The molecule has 1 aliphatic heterocycles. The summed E-state index contributed by atoms with van der Waals surface area (Å²) in [7, 11) is -0.314. The normalized spacial score (nSPS) is 14.9. The van der Waals surface area contributed by atoms with Crippen LogP contribution < -0.4 is 9.16 Å². The van der Waals surface area contributed by atoms with Gasteiger partial charge in [-0.15, -0.1) is 0 Å². The Morgan fingerprint density at radius 2 is 1.55 bits per heavy atom. The van der Waals surface area contributed by atoms with Crippen LogP contribution in [0.2, 0.25) is 16.6 Å². The molecular weight excluding hydrogens is 402 g/mol. The van der Waals surface area contributed by atoms with Gasteiger partial charge in [-0.2, -0.15) is 0 Å². The third kappa shape index (κ3) is 4.78. The van der Waals surface area contributed by atoms with E-state index in [1.807, 2.05) is 18.2 Å². The van der Waals surface area contributed by atoms with Crippen LogP contribution in [0.5, 0.6) is 17.2 Å². The second-order valence-corrected chi connectivity index (χ2v) is 15.2. The lowest BCUT2D eigenvalue weighted by molar-refractivity contribution is 0.241. The van der Waals surface area contributed by atoms with Crippen LogP contribution in [0, 0.1) is 0 Å². The van der Waals surface area contributed by atoms with Gasteiger partial charge in [-0.05, 0) is 52.4 Å². The first-order chi connectivity index (χ1) is 14.7. The number of hydrogen-bond acceptors (Lipinski definition) is 4. The molecule has 0 saturated carbocycles. The van der Waals surface area contributed by atoms with E-state index in [1.165, 1.54) is 11.1 Å². The summed E-state index contributed by atoms with van der Waals surface area (Å²) in [4.78, 5) is 2.38. The molecule has 1 heterocycles. The lowest BCUT2D eigenvalue weighted by atomic mass is 9.98. The maximum Gasteiger partial charge on any atom is 0.258 e. The average Bonchev–Trinajstić information content (AvgIpc) is 2.72. The topological polar surface area (TPSA) is 41.9 Å². The molecule has 0 aromatic heterocycles. The number of ether oxygens (including phenoxy) is 1. The van der Waals surface area contributed by atoms with Crippen molar-refractivity contribution in [3.63, 3.8) is 0 Å². The Morgan fingerprint density at radius 3 is 2.13 bits per heavy atom. The van der Waals surface area contributed by atoms with Crippen LogP contribution >= 0.6 is 0 Å². The van der Waals surface area contributed by atoms with Gasteiger partial charge in [0.25, 0.3) is 8.32 Å². The molecule has 5 heteroatoms. The summed E-state index contributed by atoms with van der Waals surface area (Å²) in [5.41, 5.74) is 5.16. The van der Waals surface area contributed by atoms with Crippen LogP contribution in [-0.2, 0) is 19.5 Å². The van der Waals surface area contributed by atoms with Gasteiger partial charge in [-0.25, -0.2) is 0 Å². The van der Waals surface area contributed by atoms with Gasteiger partial charge in [-0.1, -0.05) is 59.7 Å². The minimum absolute atomic E-state index is 0.368. The molecule has 170 valence electrons. The fraction of sp³-hybridized carbons (Fsp3) is 0.538. The molecule has 0 saturated heterocycles. The van der Waals surface area contributed by atoms with Gasteiger partial charge >= 0.3 is 0 Å². The Kier molecular flexibility index (Phi) is 7.38. The van der Waals surface area contributed by atoms with Crippen molar-refractivity contribution < 1.29 is 14.3 Å².